The van der Waals surface area contributed by atoms with E-state index in [0.717, 1.165) is 19.4 Å². The first kappa shape index (κ1) is 25.3. The van der Waals surface area contributed by atoms with Gasteiger partial charge in [0.15, 0.2) is 5.75 Å². The van der Waals surface area contributed by atoms with Crippen molar-refractivity contribution < 1.29 is 18.7 Å². The van der Waals surface area contributed by atoms with E-state index in [4.69, 9.17) is 14.5 Å². The number of nitrogens with one attached hydrogen (secondary N) is 1. The van der Waals surface area contributed by atoms with Gasteiger partial charge in [-0.05, 0) is 64.5 Å². The Morgan fingerprint density at radius 1 is 1.18 bits per heavy atom. The number of carbonyl (C=O) groups is 1. The number of ether oxygens (including phenoxy) is 2. The second-order valence-electron chi connectivity index (χ2n) is 11.6. The first-order valence-corrected chi connectivity index (χ1v) is 13.2. The van der Waals surface area contributed by atoms with Gasteiger partial charge in [0.05, 0.1) is 29.0 Å². The maximum Gasteiger partial charge on any atom is 0.414 e. The van der Waals surface area contributed by atoms with E-state index >= 15 is 4.39 Å². The average Bonchev–Trinajstić information content (AvgIpc) is 3.55. The van der Waals surface area contributed by atoms with Gasteiger partial charge in [-0.2, -0.15) is 9.97 Å². The van der Waals surface area contributed by atoms with Crippen LogP contribution in [-0.4, -0.2) is 56.2 Å². The molecule has 1 saturated carbocycles. The Balaban J connectivity index is 1.51. The van der Waals surface area contributed by atoms with Crippen LogP contribution in [-0.2, 0) is 4.74 Å². The zero-order chi connectivity index (χ0) is 27.6. The molecule has 204 valence electrons. The summed E-state index contributed by atoms with van der Waals surface area (Å²) in [5, 5.41) is 1.28. The second kappa shape index (κ2) is 9.03. The van der Waals surface area contributed by atoms with E-state index in [1.165, 1.54) is 17.0 Å². The number of hydrogen-bond donors (Lipinski definition) is 1. The van der Waals surface area contributed by atoms with Crippen molar-refractivity contribution in [3.8, 4) is 11.8 Å². The molecule has 1 saturated heterocycles. The normalized spacial score (nSPS) is 20.7. The number of carbonyl (C=O) groups excluding carboxylic acids is 1. The van der Waals surface area contributed by atoms with Gasteiger partial charge in [0.25, 0.3) is 0 Å². The van der Waals surface area contributed by atoms with Gasteiger partial charge < -0.3 is 19.4 Å². The number of aryl methyl sites for hydroxylation is 1. The van der Waals surface area contributed by atoms with Crippen LogP contribution < -0.4 is 14.5 Å². The molecule has 6 rings (SSSR count). The molecule has 1 unspecified atom stereocenters. The van der Waals surface area contributed by atoms with Crippen molar-refractivity contribution in [1.29, 1.82) is 0 Å². The number of benzene rings is 1. The molecular formula is C28H32FN7O3. The summed E-state index contributed by atoms with van der Waals surface area (Å²) in [4.78, 5) is 37.7. The fourth-order valence-electron chi connectivity index (χ4n) is 5.76. The lowest BCUT2D eigenvalue weighted by molar-refractivity contribution is 0.0589. The van der Waals surface area contributed by atoms with E-state index < -0.39 is 17.5 Å². The number of amides is 1. The minimum absolute atomic E-state index is 0.134. The van der Waals surface area contributed by atoms with Crippen LogP contribution in [0, 0.1) is 24.6 Å². The average molecular weight is 534 g/mol. The molecule has 10 nitrogen and oxygen atoms in total. The Morgan fingerprint density at radius 2 is 1.92 bits per heavy atom. The molecule has 3 atom stereocenters. The number of nitrogens with zero attached hydrogens (tertiary/aromatic N) is 6. The zero-order valence-electron chi connectivity index (χ0n) is 22.9. The van der Waals surface area contributed by atoms with Crippen LogP contribution in [0.1, 0.15) is 46.4 Å². The molecule has 1 aromatic carbocycles. The van der Waals surface area contributed by atoms with Crippen LogP contribution in [0.2, 0.25) is 0 Å². The molecule has 11 heteroatoms. The van der Waals surface area contributed by atoms with Crippen molar-refractivity contribution in [2.24, 2.45) is 11.8 Å². The van der Waals surface area contributed by atoms with Crippen molar-refractivity contribution >= 4 is 39.5 Å². The van der Waals surface area contributed by atoms with Gasteiger partial charge in [0, 0.05) is 25.0 Å². The highest BCUT2D eigenvalue weighted by Crippen LogP contribution is 2.47. The third-order valence-corrected chi connectivity index (χ3v) is 7.63. The summed E-state index contributed by atoms with van der Waals surface area (Å²) in [5.74, 6) is 2.47. The number of anilines is 2. The Labute approximate surface area is 225 Å². The predicted octanol–water partition coefficient (Wildman–Crippen LogP) is 5.75. The van der Waals surface area contributed by atoms with Gasteiger partial charge in [-0.1, -0.05) is 6.92 Å². The molecule has 0 spiro atoms. The molecule has 0 radical (unpaired) electrons. The molecule has 4 heterocycles. The van der Waals surface area contributed by atoms with E-state index in [-0.39, 0.29) is 6.01 Å². The monoisotopic (exact) mass is 533 g/mol. The Hall–Kier alpha value is -4.02. The van der Waals surface area contributed by atoms with Crippen molar-refractivity contribution in [1.82, 2.24) is 24.9 Å². The van der Waals surface area contributed by atoms with Gasteiger partial charge in [-0.15, -0.1) is 0 Å². The van der Waals surface area contributed by atoms with Crippen molar-refractivity contribution in [2.45, 2.75) is 59.1 Å². The summed E-state index contributed by atoms with van der Waals surface area (Å²) in [6, 6.07) is 3.24. The molecule has 1 amide bonds. The summed E-state index contributed by atoms with van der Waals surface area (Å²) < 4.78 is 26.6. The van der Waals surface area contributed by atoms with Gasteiger partial charge in [0.2, 0.25) is 0 Å². The first-order chi connectivity index (χ1) is 18.5. The van der Waals surface area contributed by atoms with Gasteiger partial charge in [-0.3, -0.25) is 4.90 Å². The summed E-state index contributed by atoms with van der Waals surface area (Å²) in [7, 11) is 1.56. The second-order valence-corrected chi connectivity index (χ2v) is 11.6. The highest BCUT2D eigenvalue weighted by Gasteiger charge is 2.44. The predicted molar refractivity (Wildman–Crippen MR) is 146 cm³/mol. The quantitative estimate of drug-likeness (QED) is 0.353. The van der Waals surface area contributed by atoms with Crippen molar-refractivity contribution in [2.75, 3.05) is 23.4 Å². The van der Waals surface area contributed by atoms with Crippen LogP contribution in [0.5, 0.6) is 11.8 Å². The number of aromatic amines is 1. The number of hydrogen-bond acceptors (Lipinski definition) is 8. The van der Waals surface area contributed by atoms with Gasteiger partial charge >= 0.3 is 12.1 Å². The first-order valence-electron chi connectivity index (χ1n) is 13.2. The number of halogens is 1. The van der Waals surface area contributed by atoms with Crippen LogP contribution >= 0.6 is 0 Å². The third-order valence-electron chi connectivity index (χ3n) is 7.63. The lowest BCUT2D eigenvalue weighted by atomic mass is 9.97. The van der Waals surface area contributed by atoms with E-state index in [9.17, 15) is 4.79 Å². The van der Waals surface area contributed by atoms with Crippen molar-refractivity contribution in [3.63, 3.8) is 0 Å². The SMILES string of the molecule is Cc1ncc(Oc2nc(N3C[C@H]4CC3C[C@H]4C)c3c(n2)[nH]c2c(N(C)C(=O)OC(C)(C)C)cc(F)cc23)cn1. The zero-order valence-corrected chi connectivity index (χ0v) is 22.9. The Morgan fingerprint density at radius 3 is 2.56 bits per heavy atom. The molecule has 2 aliphatic rings. The highest BCUT2D eigenvalue weighted by molar-refractivity contribution is 6.16. The Bertz CT molecular complexity index is 1580. The third kappa shape index (κ3) is 4.59. The van der Waals surface area contributed by atoms with E-state index in [1.54, 1.807) is 47.1 Å². The fourth-order valence-corrected chi connectivity index (χ4v) is 5.76. The van der Waals surface area contributed by atoms with Crippen molar-refractivity contribution in [3.05, 3.63) is 36.2 Å². The van der Waals surface area contributed by atoms with E-state index in [2.05, 4.69) is 31.8 Å². The maximum absolute atomic E-state index is 15.1. The molecule has 4 aromatic rings. The molecule has 3 aromatic heterocycles. The molecule has 1 N–H and O–H groups in total. The Kier molecular flexibility index (Phi) is 5.85. The van der Waals surface area contributed by atoms with Crippen LogP contribution in [0.15, 0.2) is 24.5 Å². The van der Waals surface area contributed by atoms with Gasteiger partial charge in [-0.25, -0.2) is 19.2 Å². The minimum Gasteiger partial charge on any atom is -0.443 e. The fraction of sp³-hybridized carbons (Fsp3) is 0.464. The van der Waals surface area contributed by atoms with E-state index in [1.807, 2.05) is 0 Å². The smallest absolute Gasteiger partial charge is 0.414 e. The number of aromatic nitrogens is 5. The molecule has 1 aliphatic heterocycles. The number of fused-ring (bicyclic) bond motifs is 5. The molecule has 39 heavy (non-hydrogen) atoms. The molecule has 1 aliphatic carbocycles. The van der Waals surface area contributed by atoms with Crippen LogP contribution in [0.3, 0.4) is 0 Å². The number of H-pyrrole nitrogens is 1. The maximum atomic E-state index is 15.1. The summed E-state index contributed by atoms with van der Waals surface area (Å²) in [6.45, 7) is 10.3. The summed E-state index contributed by atoms with van der Waals surface area (Å²) >= 11 is 0. The summed E-state index contributed by atoms with van der Waals surface area (Å²) in [6.07, 6.45) is 4.72. The molecular weight excluding hydrogens is 501 g/mol. The topological polar surface area (TPSA) is 109 Å². The largest absolute Gasteiger partial charge is 0.443 e. The lowest BCUT2D eigenvalue weighted by Crippen LogP contribution is -2.35. The van der Waals surface area contributed by atoms with Crippen LogP contribution in [0.4, 0.5) is 20.7 Å². The number of piperidine rings is 1. The highest BCUT2D eigenvalue weighted by atomic mass is 19.1. The minimum atomic E-state index is -0.699. The standard InChI is InChI=1S/C28H32FN7O3/c1-14-7-18-8-16(14)13-36(18)25-22-20-9-17(29)10-21(35(6)27(37)39-28(3,4)5)23(20)32-24(22)33-26(34-25)38-19-11-30-15(2)31-12-19/h9-12,14,16,18H,7-8,13H2,1-6H3,(H,32,33,34)/t14-,16-,18?/m1/s1. The van der Waals surface area contributed by atoms with Gasteiger partial charge in [0.1, 0.15) is 28.7 Å². The van der Waals surface area contributed by atoms with E-state index in [0.29, 0.717) is 62.9 Å². The summed E-state index contributed by atoms with van der Waals surface area (Å²) in [5.41, 5.74) is 0.686. The van der Waals surface area contributed by atoms with Crippen LogP contribution in [0.25, 0.3) is 21.9 Å². The molecule has 2 fully saturated rings. The number of rotatable bonds is 4. The lowest BCUT2D eigenvalue weighted by Gasteiger charge is -2.31. The molecule has 2 bridgehead atoms.